The van der Waals surface area contributed by atoms with Gasteiger partial charge in [-0.2, -0.15) is 13.2 Å². The van der Waals surface area contributed by atoms with Gasteiger partial charge in [0, 0.05) is 11.3 Å². The molecule has 136 valence electrons. The van der Waals surface area contributed by atoms with Gasteiger partial charge < -0.3 is 4.74 Å². The Balaban J connectivity index is 2.51. The van der Waals surface area contributed by atoms with Crippen LogP contribution in [-0.4, -0.2) is 28.1 Å². The molecule has 0 aliphatic carbocycles. The van der Waals surface area contributed by atoms with Crippen molar-refractivity contribution in [2.24, 2.45) is 0 Å². The number of ether oxygens (including phenoxy) is 1. The van der Waals surface area contributed by atoms with Gasteiger partial charge in [-0.05, 0) is 25.5 Å². The minimum absolute atomic E-state index is 0.173. The van der Waals surface area contributed by atoms with Gasteiger partial charge in [0.25, 0.3) is 5.56 Å². The van der Waals surface area contributed by atoms with E-state index < -0.39 is 29.4 Å². The van der Waals surface area contributed by atoms with Crippen molar-refractivity contribution in [3.8, 4) is 5.88 Å². The third-order valence-corrected chi connectivity index (χ3v) is 3.53. The molecule has 0 unspecified atom stereocenters. The van der Waals surface area contributed by atoms with Crippen molar-refractivity contribution < 1.29 is 26.7 Å². The average molecular weight is 363 g/mol. The lowest BCUT2D eigenvalue weighted by Gasteiger charge is -2.17. The maximum Gasteiger partial charge on any atom is 0.352 e. The van der Waals surface area contributed by atoms with Crippen LogP contribution in [0.3, 0.4) is 0 Å². The van der Waals surface area contributed by atoms with Crippen LogP contribution in [0.1, 0.15) is 22.5 Å². The van der Waals surface area contributed by atoms with Crippen molar-refractivity contribution in [1.29, 1.82) is 0 Å². The van der Waals surface area contributed by atoms with E-state index >= 15 is 0 Å². The Hall–Kier alpha value is -2.52. The number of aromatic nitrogens is 3. The number of alkyl halides is 4. The molecule has 0 N–H and O–H groups in total. The van der Waals surface area contributed by atoms with Crippen LogP contribution in [0.15, 0.2) is 17.2 Å². The second-order valence-corrected chi connectivity index (χ2v) is 5.33. The summed E-state index contributed by atoms with van der Waals surface area (Å²) in [4.78, 5) is 19.1. The number of methoxy groups -OCH3 is 1. The first kappa shape index (κ1) is 18.8. The molecule has 2 aromatic rings. The molecule has 0 bridgehead atoms. The molecule has 0 aromatic carbocycles. The van der Waals surface area contributed by atoms with Gasteiger partial charge in [0.05, 0.1) is 20.0 Å². The van der Waals surface area contributed by atoms with E-state index in [2.05, 4.69) is 9.97 Å². The van der Waals surface area contributed by atoms with Crippen molar-refractivity contribution in [3.05, 3.63) is 51.1 Å². The Morgan fingerprint density at radius 3 is 2.52 bits per heavy atom. The van der Waals surface area contributed by atoms with Crippen LogP contribution in [0.25, 0.3) is 0 Å². The lowest BCUT2D eigenvalue weighted by molar-refractivity contribution is -0.140. The first-order chi connectivity index (χ1) is 11.6. The zero-order valence-electron chi connectivity index (χ0n) is 13.5. The van der Waals surface area contributed by atoms with E-state index in [1.807, 2.05) is 0 Å². The largest absolute Gasteiger partial charge is 0.481 e. The molecular weight excluding hydrogens is 349 g/mol. The monoisotopic (exact) mass is 363 g/mol. The highest BCUT2D eigenvalue weighted by molar-refractivity contribution is 5.36. The van der Waals surface area contributed by atoms with Crippen molar-refractivity contribution in [2.75, 3.05) is 7.11 Å². The second kappa shape index (κ2) is 6.77. The lowest BCUT2D eigenvalue weighted by Crippen LogP contribution is -2.33. The molecule has 0 saturated carbocycles. The maximum absolute atomic E-state index is 13.9. The number of aryl methyl sites for hydroxylation is 2. The highest BCUT2D eigenvalue weighted by Crippen LogP contribution is 2.33. The fourth-order valence-electron chi connectivity index (χ4n) is 2.27. The molecule has 2 rings (SSSR count). The molecule has 0 spiro atoms. The number of hydrogen-bond donors (Lipinski definition) is 0. The normalized spacial score (nSPS) is 11.9. The summed E-state index contributed by atoms with van der Waals surface area (Å²) in [5, 5.41) is 0. The van der Waals surface area contributed by atoms with Gasteiger partial charge in [-0.25, -0.2) is 18.7 Å². The van der Waals surface area contributed by atoms with Gasteiger partial charge in [0.1, 0.15) is 0 Å². The maximum atomic E-state index is 13.9. The summed E-state index contributed by atoms with van der Waals surface area (Å²) in [6.45, 7) is 3.14. The zero-order valence-corrected chi connectivity index (χ0v) is 13.5. The quantitative estimate of drug-likeness (QED) is 0.767. The Labute approximate surface area is 139 Å². The van der Waals surface area contributed by atoms with Crippen LogP contribution in [0.5, 0.6) is 5.88 Å². The van der Waals surface area contributed by atoms with Crippen LogP contribution in [0.4, 0.5) is 22.0 Å². The van der Waals surface area contributed by atoms with E-state index in [0.717, 1.165) is 0 Å². The van der Waals surface area contributed by atoms with Crippen LogP contribution < -0.4 is 10.3 Å². The van der Waals surface area contributed by atoms with E-state index in [-0.39, 0.29) is 12.4 Å². The fraction of sp³-hybridized carbons (Fsp3) is 0.400. The van der Waals surface area contributed by atoms with Gasteiger partial charge in [-0.3, -0.25) is 9.36 Å². The molecule has 25 heavy (non-hydrogen) atoms. The third kappa shape index (κ3) is 3.47. The predicted octanol–water partition coefficient (Wildman–Crippen LogP) is 2.81. The predicted molar refractivity (Wildman–Crippen MR) is 77.7 cm³/mol. The third-order valence-electron chi connectivity index (χ3n) is 3.53. The average Bonchev–Trinajstić information content (AvgIpc) is 2.53. The fourth-order valence-corrected chi connectivity index (χ4v) is 2.27. The minimum atomic E-state index is -4.86. The molecule has 0 saturated heterocycles. The van der Waals surface area contributed by atoms with Gasteiger partial charge in [0.15, 0.2) is 5.69 Å². The van der Waals surface area contributed by atoms with E-state index in [0.29, 0.717) is 27.7 Å². The summed E-state index contributed by atoms with van der Waals surface area (Å²) in [6.07, 6.45) is -3.59. The summed E-state index contributed by atoms with van der Waals surface area (Å²) >= 11 is 0. The van der Waals surface area contributed by atoms with Crippen molar-refractivity contribution in [1.82, 2.24) is 14.5 Å². The van der Waals surface area contributed by atoms with Crippen LogP contribution in [-0.2, 0) is 12.5 Å². The SMILES string of the molecule is COc1nc(C)cc(C)c1Cn1cnc(C(F)(F)C(F)F)c(F)c1=O. The van der Waals surface area contributed by atoms with Crippen LogP contribution >= 0.6 is 0 Å². The van der Waals surface area contributed by atoms with Gasteiger partial charge in [-0.15, -0.1) is 0 Å². The summed E-state index contributed by atoms with van der Waals surface area (Å²) in [5.74, 6) is -6.71. The number of nitrogens with zero attached hydrogens (tertiary/aromatic N) is 3. The summed E-state index contributed by atoms with van der Waals surface area (Å²) in [6, 6.07) is 1.69. The minimum Gasteiger partial charge on any atom is -0.481 e. The summed E-state index contributed by atoms with van der Waals surface area (Å²) in [5.41, 5.74) is -1.66. The number of pyridine rings is 1. The van der Waals surface area contributed by atoms with Gasteiger partial charge in [-0.1, -0.05) is 0 Å². The summed E-state index contributed by atoms with van der Waals surface area (Å²) < 4.78 is 71.0. The number of hydrogen-bond acceptors (Lipinski definition) is 4. The van der Waals surface area contributed by atoms with E-state index in [1.54, 1.807) is 19.9 Å². The lowest BCUT2D eigenvalue weighted by atomic mass is 10.1. The van der Waals surface area contributed by atoms with Crippen molar-refractivity contribution in [2.45, 2.75) is 32.7 Å². The molecule has 5 nitrogen and oxygen atoms in total. The van der Waals surface area contributed by atoms with Gasteiger partial charge >= 0.3 is 12.3 Å². The second-order valence-electron chi connectivity index (χ2n) is 5.33. The molecule has 0 amide bonds. The molecule has 0 aliphatic heterocycles. The Kier molecular flexibility index (Phi) is 5.09. The standard InChI is InChI=1S/C15H14F5N3O2/c1-7-4-8(2)22-12(25-3)9(7)5-23-6-21-11(10(16)13(23)24)15(19,20)14(17)18/h4,6,14H,5H2,1-3H3. The molecule has 2 aromatic heterocycles. The van der Waals surface area contributed by atoms with E-state index in [1.165, 1.54) is 7.11 Å². The van der Waals surface area contributed by atoms with Crippen LogP contribution in [0, 0.1) is 19.7 Å². The molecule has 0 aliphatic rings. The molecule has 0 fully saturated rings. The number of halogens is 5. The molecule has 10 heteroatoms. The zero-order chi connectivity index (χ0) is 18.9. The molecule has 0 radical (unpaired) electrons. The highest BCUT2D eigenvalue weighted by Gasteiger charge is 2.47. The summed E-state index contributed by atoms with van der Waals surface area (Å²) in [7, 11) is 1.35. The molecule has 2 heterocycles. The first-order valence-corrected chi connectivity index (χ1v) is 7.02. The van der Waals surface area contributed by atoms with E-state index in [4.69, 9.17) is 4.74 Å². The van der Waals surface area contributed by atoms with Gasteiger partial charge in [0.2, 0.25) is 11.7 Å². The number of rotatable bonds is 5. The van der Waals surface area contributed by atoms with Crippen molar-refractivity contribution in [3.63, 3.8) is 0 Å². The van der Waals surface area contributed by atoms with Crippen LogP contribution in [0.2, 0.25) is 0 Å². The van der Waals surface area contributed by atoms with E-state index in [9.17, 15) is 26.7 Å². The topological polar surface area (TPSA) is 57.0 Å². The molecular formula is C15H14F5N3O2. The Morgan fingerprint density at radius 1 is 1.32 bits per heavy atom. The first-order valence-electron chi connectivity index (χ1n) is 7.02. The smallest absolute Gasteiger partial charge is 0.352 e. The Morgan fingerprint density at radius 2 is 1.96 bits per heavy atom. The Bertz CT molecular complexity index is 852. The van der Waals surface area contributed by atoms with Crippen molar-refractivity contribution >= 4 is 0 Å². The highest BCUT2D eigenvalue weighted by atomic mass is 19.3. The molecule has 0 atom stereocenters.